The molecule has 0 saturated carbocycles. The van der Waals surface area contributed by atoms with Gasteiger partial charge in [0.15, 0.2) is 11.6 Å². The van der Waals surface area contributed by atoms with Gasteiger partial charge in [-0.1, -0.05) is 24.3 Å². The Hall–Kier alpha value is -2.83. The molecule has 0 spiro atoms. The smallest absolute Gasteiger partial charge is 0.218 e. The minimum Gasteiger partial charge on any atom is -0.359 e. The Labute approximate surface area is 166 Å². The molecule has 6 heteroatoms. The first-order valence-corrected chi connectivity index (χ1v) is 9.78. The number of benzene rings is 2. The summed E-state index contributed by atoms with van der Waals surface area (Å²) in [5.74, 6) is -1.33. The van der Waals surface area contributed by atoms with Crippen molar-refractivity contribution < 1.29 is 23.5 Å². The molecule has 0 amide bonds. The van der Waals surface area contributed by atoms with Gasteiger partial charge in [-0.05, 0) is 41.5 Å². The van der Waals surface area contributed by atoms with Crippen LogP contribution in [-0.2, 0) is 14.3 Å². The van der Waals surface area contributed by atoms with Crippen LogP contribution >= 0.6 is 0 Å². The summed E-state index contributed by atoms with van der Waals surface area (Å²) in [5, 5.41) is 0. The van der Waals surface area contributed by atoms with E-state index in [-0.39, 0.29) is 35.5 Å². The summed E-state index contributed by atoms with van der Waals surface area (Å²) < 4.78 is 24.8. The van der Waals surface area contributed by atoms with Crippen LogP contribution < -0.4 is 0 Å². The number of carbonyl (C=O) groups is 2. The Kier molecular flexibility index (Phi) is 3.58. The standard InChI is InChI=1S/C23H18FNO4/c24-14-7-5-13(6-8-14)21(26)20-17-16-11-28-23(29-16)22(27)18(17)19-15-4-2-1-3-12(15)9-10-25(19)20/h1-10,16-20,23H,11H2/t16-,17+,18-,19+,20-,23-/m1/s1. The third-order valence-electron chi connectivity index (χ3n) is 6.60. The molecule has 0 aromatic heterocycles. The van der Waals surface area contributed by atoms with Crippen molar-refractivity contribution in [3.05, 3.63) is 77.2 Å². The SMILES string of the molecule is O=C1[C@@H]2OC[C@@H](O2)[C@H]2[C@@H]1[C@@H]1c3ccccc3C=CN1[C@H]2C(=O)c1ccc(F)cc1. The van der Waals surface area contributed by atoms with Gasteiger partial charge in [0.05, 0.1) is 30.7 Å². The van der Waals surface area contributed by atoms with Gasteiger partial charge in [-0.2, -0.15) is 0 Å². The summed E-state index contributed by atoms with van der Waals surface area (Å²) in [5.41, 5.74) is 2.51. The molecule has 2 aromatic carbocycles. The van der Waals surface area contributed by atoms with Crippen LogP contribution in [-0.4, -0.2) is 41.5 Å². The summed E-state index contributed by atoms with van der Waals surface area (Å²) >= 11 is 0. The van der Waals surface area contributed by atoms with E-state index < -0.39 is 18.1 Å². The number of fused-ring (bicyclic) bond motifs is 8. The van der Waals surface area contributed by atoms with E-state index in [0.717, 1.165) is 11.1 Å². The van der Waals surface area contributed by atoms with Crippen LogP contribution in [0.4, 0.5) is 4.39 Å². The highest BCUT2D eigenvalue weighted by molar-refractivity contribution is 6.02. The number of hydrogen-bond donors (Lipinski definition) is 0. The van der Waals surface area contributed by atoms with E-state index in [0.29, 0.717) is 12.2 Å². The normalized spacial score (nSPS) is 34.0. The van der Waals surface area contributed by atoms with Gasteiger partial charge in [0, 0.05) is 17.7 Å². The third kappa shape index (κ3) is 2.33. The Morgan fingerprint density at radius 1 is 1.10 bits per heavy atom. The maximum atomic E-state index is 13.6. The summed E-state index contributed by atoms with van der Waals surface area (Å²) in [6, 6.07) is 12.7. The zero-order valence-electron chi connectivity index (χ0n) is 15.4. The molecule has 3 fully saturated rings. The van der Waals surface area contributed by atoms with E-state index in [1.807, 2.05) is 41.4 Å². The quantitative estimate of drug-likeness (QED) is 0.737. The monoisotopic (exact) mass is 391 g/mol. The Morgan fingerprint density at radius 2 is 1.90 bits per heavy atom. The van der Waals surface area contributed by atoms with Gasteiger partial charge in [-0.15, -0.1) is 0 Å². The van der Waals surface area contributed by atoms with Crippen LogP contribution in [0, 0.1) is 17.7 Å². The summed E-state index contributed by atoms with van der Waals surface area (Å²) in [6.45, 7) is 0.302. The molecule has 5 nitrogen and oxygen atoms in total. The average molecular weight is 391 g/mol. The Morgan fingerprint density at radius 3 is 2.72 bits per heavy atom. The molecule has 0 radical (unpaired) electrons. The summed E-state index contributed by atoms with van der Waals surface area (Å²) in [4.78, 5) is 28.8. The first-order chi connectivity index (χ1) is 14.1. The van der Waals surface area contributed by atoms with Gasteiger partial charge in [0.25, 0.3) is 0 Å². The van der Waals surface area contributed by atoms with E-state index in [1.165, 1.54) is 24.3 Å². The second kappa shape index (κ2) is 6.08. The van der Waals surface area contributed by atoms with Gasteiger partial charge < -0.3 is 14.4 Å². The number of carbonyl (C=O) groups excluding carboxylic acids is 2. The Bertz CT molecular complexity index is 1050. The van der Waals surface area contributed by atoms with E-state index >= 15 is 0 Å². The Balaban J connectivity index is 1.50. The summed E-state index contributed by atoms with van der Waals surface area (Å²) in [7, 11) is 0. The predicted molar refractivity (Wildman–Crippen MR) is 101 cm³/mol. The van der Waals surface area contributed by atoms with Crippen molar-refractivity contribution in [3.63, 3.8) is 0 Å². The van der Waals surface area contributed by atoms with Crippen molar-refractivity contribution in [2.45, 2.75) is 24.5 Å². The molecule has 29 heavy (non-hydrogen) atoms. The molecule has 6 atom stereocenters. The van der Waals surface area contributed by atoms with Gasteiger partial charge in [-0.3, -0.25) is 9.59 Å². The van der Waals surface area contributed by atoms with E-state index in [9.17, 15) is 14.0 Å². The zero-order chi connectivity index (χ0) is 19.7. The molecule has 6 rings (SSSR count). The number of halogens is 1. The topological polar surface area (TPSA) is 55.8 Å². The van der Waals surface area contributed by atoms with Crippen LogP contribution in [0.2, 0.25) is 0 Å². The van der Waals surface area contributed by atoms with Gasteiger partial charge in [0.2, 0.25) is 6.29 Å². The number of ether oxygens (including phenoxy) is 2. The van der Waals surface area contributed by atoms with E-state index in [2.05, 4.69) is 0 Å². The van der Waals surface area contributed by atoms with Crippen LogP contribution in [0.25, 0.3) is 6.08 Å². The molecule has 3 saturated heterocycles. The van der Waals surface area contributed by atoms with Crippen molar-refractivity contribution in [3.8, 4) is 0 Å². The lowest BCUT2D eigenvalue weighted by atomic mass is 9.75. The summed E-state index contributed by atoms with van der Waals surface area (Å²) in [6.07, 6.45) is 2.73. The van der Waals surface area contributed by atoms with Crippen LogP contribution in [0.15, 0.2) is 54.7 Å². The second-order valence-electron chi connectivity index (χ2n) is 8.00. The van der Waals surface area contributed by atoms with E-state index in [1.54, 1.807) is 0 Å². The number of hydrogen-bond acceptors (Lipinski definition) is 5. The van der Waals surface area contributed by atoms with Gasteiger partial charge >= 0.3 is 0 Å². The maximum absolute atomic E-state index is 13.6. The highest BCUT2D eigenvalue weighted by Crippen LogP contribution is 2.54. The highest BCUT2D eigenvalue weighted by Gasteiger charge is 2.63. The lowest BCUT2D eigenvalue weighted by Gasteiger charge is -2.34. The van der Waals surface area contributed by atoms with Crippen molar-refractivity contribution in [1.82, 2.24) is 4.90 Å². The molecule has 146 valence electrons. The number of rotatable bonds is 2. The molecule has 2 aromatic rings. The zero-order valence-corrected chi connectivity index (χ0v) is 15.4. The molecular weight excluding hydrogens is 373 g/mol. The second-order valence-corrected chi connectivity index (χ2v) is 8.00. The molecule has 0 unspecified atom stereocenters. The molecule has 4 heterocycles. The molecular formula is C23H18FNO4. The van der Waals surface area contributed by atoms with Crippen molar-refractivity contribution >= 4 is 17.6 Å². The first-order valence-electron chi connectivity index (χ1n) is 9.78. The van der Waals surface area contributed by atoms with Crippen LogP contribution in [0.3, 0.4) is 0 Å². The van der Waals surface area contributed by atoms with Crippen LogP contribution in [0.1, 0.15) is 27.5 Å². The number of Topliss-reactive ketones (excluding diaryl/α,β-unsaturated/α-hetero) is 2. The lowest BCUT2D eigenvalue weighted by molar-refractivity contribution is -0.164. The van der Waals surface area contributed by atoms with Crippen molar-refractivity contribution in [1.29, 1.82) is 0 Å². The third-order valence-corrected chi connectivity index (χ3v) is 6.60. The number of nitrogens with zero attached hydrogens (tertiary/aromatic N) is 1. The van der Waals surface area contributed by atoms with Gasteiger partial charge in [-0.25, -0.2) is 4.39 Å². The van der Waals surface area contributed by atoms with Crippen molar-refractivity contribution in [2.75, 3.05) is 6.61 Å². The average Bonchev–Trinajstić information content (AvgIpc) is 3.33. The number of ketones is 2. The molecule has 4 aliphatic heterocycles. The van der Waals surface area contributed by atoms with Crippen molar-refractivity contribution in [2.24, 2.45) is 11.8 Å². The lowest BCUT2D eigenvalue weighted by Crippen LogP contribution is -2.48. The molecule has 0 N–H and O–H groups in total. The fourth-order valence-corrected chi connectivity index (χ4v) is 5.40. The molecule has 2 bridgehead atoms. The molecule has 0 aliphatic carbocycles. The first kappa shape index (κ1) is 17.1. The van der Waals surface area contributed by atoms with Gasteiger partial charge in [0.1, 0.15) is 5.82 Å². The minimum atomic E-state index is -0.846. The maximum Gasteiger partial charge on any atom is 0.218 e. The fourth-order valence-electron chi connectivity index (χ4n) is 5.40. The largest absolute Gasteiger partial charge is 0.359 e. The molecule has 4 aliphatic rings. The van der Waals surface area contributed by atoms with E-state index in [4.69, 9.17) is 9.47 Å². The predicted octanol–water partition coefficient (Wildman–Crippen LogP) is 2.97. The fraction of sp³-hybridized carbons (Fsp3) is 0.304. The minimum absolute atomic E-state index is 0.0988. The highest BCUT2D eigenvalue weighted by atomic mass is 19.1. The van der Waals surface area contributed by atoms with Crippen LogP contribution in [0.5, 0.6) is 0 Å².